The number of benzene rings is 1. The lowest BCUT2D eigenvalue weighted by atomic mass is 9.73. The standard InChI is InChI=1S/C19H25NO4/c1-3-4-5-16(17(21)22)20-18(23)19(10-12-24-13-11-19)15-8-6-14(2)7-9-15/h3-4,6-9,16H,5,10-13H2,1-2H3,(H,20,23)(H,21,22)/b4-3+. The third-order valence-electron chi connectivity index (χ3n) is 4.60. The number of hydrogen-bond donors (Lipinski definition) is 2. The van der Waals surface area contributed by atoms with Crippen molar-refractivity contribution in [1.29, 1.82) is 0 Å². The summed E-state index contributed by atoms with van der Waals surface area (Å²) >= 11 is 0. The van der Waals surface area contributed by atoms with Gasteiger partial charge in [-0.1, -0.05) is 42.0 Å². The van der Waals surface area contributed by atoms with Crippen LogP contribution in [0.4, 0.5) is 0 Å². The van der Waals surface area contributed by atoms with Crippen molar-refractivity contribution in [3.05, 3.63) is 47.5 Å². The SMILES string of the molecule is C/C=C/CC(NC(=O)C1(c2ccc(C)cc2)CCOCC1)C(=O)O. The minimum absolute atomic E-state index is 0.230. The summed E-state index contributed by atoms with van der Waals surface area (Å²) < 4.78 is 5.43. The zero-order chi connectivity index (χ0) is 17.6. The summed E-state index contributed by atoms with van der Waals surface area (Å²) in [4.78, 5) is 24.5. The minimum atomic E-state index is -1.02. The highest BCUT2D eigenvalue weighted by Gasteiger charge is 2.42. The Morgan fingerprint density at radius 2 is 1.92 bits per heavy atom. The molecule has 5 nitrogen and oxygen atoms in total. The molecule has 24 heavy (non-hydrogen) atoms. The second-order valence-corrected chi connectivity index (χ2v) is 6.23. The van der Waals surface area contributed by atoms with Gasteiger partial charge in [-0.3, -0.25) is 4.79 Å². The largest absolute Gasteiger partial charge is 0.480 e. The van der Waals surface area contributed by atoms with Crippen molar-refractivity contribution in [2.45, 2.75) is 44.6 Å². The molecule has 0 radical (unpaired) electrons. The molecule has 0 saturated carbocycles. The van der Waals surface area contributed by atoms with Gasteiger partial charge >= 0.3 is 5.97 Å². The highest BCUT2D eigenvalue weighted by Crippen LogP contribution is 2.35. The number of ether oxygens (including phenoxy) is 1. The number of rotatable bonds is 6. The maximum absolute atomic E-state index is 13.0. The van der Waals surface area contributed by atoms with Crippen LogP contribution in [0.1, 0.15) is 37.3 Å². The van der Waals surface area contributed by atoms with E-state index in [1.807, 2.05) is 38.1 Å². The van der Waals surface area contributed by atoms with E-state index in [1.54, 1.807) is 12.2 Å². The van der Waals surface area contributed by atoms with Gasteiger partial charge in [0, 0.05) is 13.2 Å². The topological polar surface area (TPSA) is 75.6 Å². The number of amides is 1. The van der Waals surface area contributed by atoms with Crippen molar-refractivity contribution in [3.8, 4) is 0 Å². The van der Waals surface area contributed by atoms with Crippen molar-refractivity contribution in [3.63, 3.8) is 0 Å². The van der Waals surface area contributed by atoms with Gasteiger partial charge in [-0.05, 0) is 38.7 Å². The lowest BCUT2D eigenvalue weighted by molar-refractivity contribution is -0.143. The monoisotopic (exact) mass is 331 g/mol. The second kappa shape index (κ2) is 8.11. The van der Waals surface area contributed by atoms with Crippen LogP contribution in [-0.2, 0) is 19.7 Å². The number of carboxylic acid groups (broad SMARTS) is 1. The van der Waals surface area contributed by atoms with Crippen molar-refractivity contribution < 1.29 is 19.4 Å². The van der Waals surface area contributed by atoms with Crippen molar-refractivity contribution in [1.82, 2.24) is 5.32 Å². The normalized spacial score (nSPS) is 18.2. The first-order valence-corrected chi connectivity index (χ1v) is 8.29. The van der Waals surface area contributed by atoms with Crippen LogP contribution in [0.3, 0.4) is 0 Å². The Morgan fingerprint density at radius 1 is 1.29 bits per heavy atom. The molecule has 1 heterocycles. The molecular weight excluding hydrogens is 306 g/mol. The van der Waals surface area contributed by atoms with Crippen LogP contribution >= 0.6 is 0 Å². The summed E-state index contributed by atoms with van der Waals surface area (Å²) in [5, 5.41) is 12.1. The Bertz CT molecular complexity index is 600. The van der Waals surface area contributed by atoms with Gasteiger partial charge in [0.15, 0.2) is 0 Å². The lowest BCUT2D eigenvalue weighted by Gasteiger charge is -2.37. The number of aliphatic carboxylic acids is 1. The number of aryl methyl sites for hydroxylation is 1. The van der Waals surface area contributed by atoms with Gasteiger partial charge in [0.25, 0.3) is 0 Å². The molecule has 0 aliphatic carbocycles. The smallest absolute Gasteiger partial charge is 0.326 e. The molecule has 1 atom stereocenters. The van der Waals surface area contributed by atoms with E-state index in [9.17, 15) is 14.7 Å². The van der Waals surface area contributed by atoms with E-state index in [1.165, 1.54) is 0 Å². The lowest BCUT2D eigenvalue weighted by Crippen LogP contribution is -2.52. The third-order valence-corrected chi connectivity index (χ3v) is 4.60. The minimum Gasteiger partial charge on any atom is -0.480 e. The molecule has 0 bridgehead atoms. The van der Waals surface area contributed by atoms with Crippen molar-refractivity contribution in [2.24, 2.45) is 0 Å². The molecule has 1 aliphatic rings. The molecule has 1 fully saturated rings. The summed E-state index contributed by atoms with van der Waals surface area (Å²) in [6.07, 6.45) is 4.92. The number of allylic oxidation sites excluding steroid dienone is 1. The molecule has 5 heteroatoms. The molecule has 130 valence electrons. The predicted octanol–water partition coefficient (Wildman–Crippen LogP) is 2.58. The van der Waals surface area contributed by atoms with E-state index in [0.717, 1.165) is 11.1 Å². The van der Waals surface area contributed by atoms with Crippen LogP contribution in [0.5, 0.6) is 0 Å². The van der Waals surface area contributed by atoms with Gasteiger partial charge in [0.05, 0.1) is 5.41 Å². The summed E-state index contributed by atoms with van der Waals surface area (Å²) in [5.74, 6) is -1.25. The second-order valence-electron chi connectivity index (χ2n) is 6.23. The Morgan fingerprint density at radius 3 is 2.46 bits per heavy atom. The van der Waals surface area contributed by atoms with Crippen LogP contribution in [0.15, 0.2) is 36.4 Å². The van der Waals surface area contributed by atoms with Crippen LogP contribution in [0, 0.1) is 6.92 Å². The molecule has 1 aromatic rings. The number of carbonyl (C=O) groups excluding carboxylic acids is 1. The quantitative estimate of drug-likeness (QED) is 0.786. The van der Waals surface area contributed by atoms with Crippen LogP contribution < -0.4 is 5.32 Å². The van der Waals surface area contributed by atoms with E-state index < -0.39 is 17.4 Å². The van der Waals surface area contributed by atoms with Crippen LogP contribution in [0.2, 0.25) is 0 Å². The number of nitrogens with one attached hydrogen (secondary N) is 1. The fourth-order valence-corrected chi connectivity index (χ4v) is 3.03. The molecule has 1 amide bonds. The summed E-state index contributed by atoms with van der Waals surface area (Å²) in [7, 11) is 0. The Hall–Kier alpha value is -2.14. The zero-order valence-corrected chi connectivity index (χ0v) is 14.2. The average molecular weight is 331 g/mol. The molecule has 2 N–H and O–H groups in total. The van der Waals surface area contributed by atoms with Gasteiger partial charge in [-0.15, -0.1) is 0 Å². The van der Waals surface area contributed by atoms with Gasteiger partial charge in [-0.2, -0.15) is 0 Å². The van der Waals surface area contributed by atoms with Crippen LogP contribution in [-0.4, -0.2) is 36.2 Å². The molecule has 1 saturated heterocycles. The Kier molecular flexibility index (Phi) is 6.15. The summed E-state index contributed by atoms with van der Waals surface area (Å²) in [6, 6.07) is 6.96. The molecular formula is C19H25NO4. The molecule has 1 aliphatic heterocycles. The fourth-order valence-electron chi connectivity index (χ4n) is 3.03. The zero-order valence-electron chi connectivity index (χ0n) is 14.2. The van der Waals surface area contributed by atoms with Gasteiger partial charge in [0.1, 0.15) is 6.04 Å². The van der Waals surface area contributed by atoms with Gasteiger partial charge < -0.3 is 15.2 Å². The van der Waals surface area contributed by atoms with Crippen molar-refractivity contribution in [2.75, 3.05) is 13.2 Å². The summed E-state index contributed by atoms with van der Waals surface area (Å²) in [5.41, 5.74) is 1.32. The number of carboxylic acids is 1. The number of hydrogen-bond acceptors (Lipinski definition) is 3. The predicted molar refractivity (Wildman–Crippen MR) is 91.9 cm³/mol. The van der Waals surface area contributed by atoms with Gasteiger partial charge in [-0.25, -0.2) is 4.79 Å². The highest BCUT2D eigenvalue weighted by atomic mass is 16.5. The van der Waals surface area contributed by atoms with E-state index in [-0.39, 0.29) is 12.3 Å². The van der Waals surface area contributed by atoms with E-state index >= 15 is 0 Å². The third kappa shape index (κ3) is 4.03. The number of carbonyl (C=O) groups is 2. The molecule has 1 aromatic carbocycles. The van der Waals surface area contributed by atoms with Gasteiger partial charge in [0.2, 0.25) is 5.91 Å². The first-order chi connectivity index (χ1) is 11.5. The van der Waals surface area contributed by atoms with E-state index in [0.29, 0.717) is 26.1 Å². The highest BCUT2D eigenvalue weighted by molar-refractivity contribution is 5.91. The van der Waals surface area contributed by atoms with Crippen molar-refractivity contribution >= 4 is 11.9 Å². The molecule has 1 unspecified atom stereocenters. The maximum Gasteiger partial charge on any atom is 0.326 e. The maximum atomic E-state index is 13.0. The molecule has 0 spiro atoms. The first-order valence-electron chi connectivity index (χ1n) is 8.29. The molecule has 2 rings (SSSR count). The summed E-state index contributed by atoms with van der Waals surface area (Å²) in [6.45, 7) is 4.81. The Balaban J connectivity index is 2.28. The van der Waals surface area contributed by atoms with Crippen LogP contribution in [0.25, 0.3) is 0 Å². The average Bonchev–Trinajstić information content (AvgIpc) is 2.59. The van der Waals surface area contributed by atoms with E-state index in [2.05, 4.69) is 5.32 Å². The molecule has 0 aromatic heterocycles. The Labute approximate surface area is 142 Å². The first kappa shape index (κ1) is 18.2. The van der Waals surface area contributed by atoms with E-state index in [4.69, 9.17) is 4.74 Å². The fraction of sp³-hybridized carbons (Fsp3) is 0.474.